The maximum absolute atomic E-state index is 12.6. The van der Waals surface area contributed by atoms with Gasteiger partial charge in [-0.25, -0.2) is 4.68 Å². The quantitative estimate of drug-likeness (QED) is 0.790. The van der Waals surface area contributed by atoms with Gasteiger partial charge in [0.25, 0.3) is 5.91 Å². The zero-order valence-electron chi connectivity index (χ0n) is 14.2. The Morgan fingerprint density at radius 2 is 1.71 bits per heavy atom. The summed E-state index contributed by atoms with van der Waals surface area (Å²) in [5.41, 5.74) is 4.65. The monoisotopic (exact) mass is 319 g/mol. The highest BCUT2D eigenvalue weighted by Crippen LogP contribution is 2.17. The van der Waals surface area contributed by atoms with E-state index in [1.807, 2.05) is 75.4 Å². The molecule has 2 aromatic carbocycles. The number of hydrogen-bond donors (Lipinski definition) is 1. The van der Waals surface area contributed by atoms with Crippen molar-refractivity contribution in [2.45, 2.75) is 26.8 Å². The van der Waals surface area contributed by atoms with Crippen molar-refractivity contribution < 1.29 is 4.79 Å². The van der Waals surface area contributed by atoms with Gasteiger partial charge >= 0.3 is 0 Å². The predicted octanol–water partition coefficient (Wildman–Crippen LogP) is 3.98. The number of benzene rings is 2. The molecule has 1 heterocycles. The molecule has 3 aromatic rings. The van der Waals surface area contributed by atoms with Crippen LogP contribution in [0.25, 0.3) is 5.69 Å². The molecule has 0 spiro atoms. The Hall–Kier alpha value is -2.88. The van der Waals surface area contributed by atoms with Crippen molar-refractivity contribution >= 4 is 5.91 Å². The van der Waals surface area contributed by atoms with E-state index in [2.05, 4.69) is 10.4 Å². The first-order valence-electron chi connectivity index (χ1n) is 8.03. The van der Waals surface area contributed by atoms with Crippen LogP contribution in [0.4, 0.5) is 0 Å². The molecule has 0 fully saturated rings. The van der Waals surface area contributed by atoms with Gasteiger partial charge in [0.2, 0.25) is 0 Å². The molecule has 0 aliphatic carbocycles. The topological polar surface area (TPSA) is 46.9 Å². The van der Waals surface area contributed by atoms with E-state index in [-0.39, 0.29) is 11.9 Å². The van der Waals surface area contributed by atoms with Crippen LogP contribution in [-0.4, -0.2) is 15.7 Å². The van der Waals surface area contributed by atoms with Crippen LogP contribution in [-0.2, 0) is 0 Å². The van der Waals surface area contributed by atoms with Crippen molar-refractivity contribution in [1.82, 2.24) is 15.1 Å². The summed E-state index contributed by atoms with van der Waals surface area (Å²) in [6.07, 6.45) is 1.63. The Kier molecular flexibility index (Phi) is 4.47. The van der Waals surface area contributed by atoms with Gasteiger partial charge in [-0.05, 0) is 38.5 Å². The molecule has 24 heavy (non-hydrogen) atoms. The van der Waals surface area contributed by atoms with Gasteiger partial charge in [0.15, 0.2) is 0 Å². The van der Waals surface area contributed by atoms with Crippen molar-refractivity contribution in [3.05, 3.63) is 83.2 Å². The average Bonchev–Trinajstić information content (AvgIpc) is 2.98. The average molecular weight is 319 g/mol. The maximum atomic E-state index is 12.6. The SMILES string of the molecule is Cc1ccc(-n2ncc(C(=O)NC(C)c3ccccc3)c2C)cc1. The normalized spacial score (nSPS) is 12.0. The van der Waals surface area contributed by atoms with E-state index in [1.54, 1.807) is 10.9 Å². The highest BCUT2D eigenvalue weighted by molar-refractivity contribution is 5.95. The Morgan fingerprint density at radius 1 is 1.04 bits per heavy atom. The van der Waals surface area contributed by atoms with Crippen LogP contribution < -0.4 is 5.32 Å². The second kappa shape index (κ2) is 6.71. The molecular weight excluding hydrogens is 298 g/mol. The number of carbonyl (C=O) groups excluding carboxylic acids is 1. The molecule has 0 radical (unpaired) electrons. The fourth-order valence-electron chi connectivity index (χ4n) is 2.68. The zero-order valence-corrected chi connectivity index (χ0v) is 14.2. The van der Waals surface area contributed by atoms with Crippen LogP contribution in [0.15, 0.2) is 60.8 Å². The predicted molar refractivity (Wildman–Crippen MR) is 95.4 cm³/mol. The van der Waals surface area contributed by atoms with Gasteiger partial charge in [0.1, 0.15) is 0 Å². The smallest absolute Gasteiger partial charge is 0.255 e. The van der Waals surface area contributed by atoms with Crippen molar-refractivity contribution in [2.24, 2.45) is 0 Å². The molecule has 1 unspecified atom stereocenters. The van der Waals surface area contributed by atoms with Crippen molar-refractivity contribution in [1.29, 1.82) is 0 Å². The standard InChI is InChI=1S/C20H21N3O/c1-14-9-11-18(12-10-14)23-16(3)19(13-21-23)20(24)22-15(2)17-7-5-4-6-8-17/h4-13,15H,1-3H3,(H,22,24). The second-order valence-corrected chi connectivity index (χ2v) is 6.00. The van der Waals surface area contributed by atoms with E-state index >= 15 is 0 Å². The minimum absolute atomic E-state index is 0.0548. The first kappa shape index (κ1) is 16.0. The summed E-state index contributed by atoms with van der Waals surface area (Å²) in [7, 11) is 0. The molecule has 1 atom stereocenters. The summed E-state index contributed by atoms with van der Waals surface area (Å²) >= 11 is 0. The number of hydrogen-bond acceptors (Lipinski definition) is 2. The van der Waals surface area contributed by atoms with Gasteiger partial charge in [0.05, 0.1) is 29.2 Å². The lowest BCUT2D eigenvalue weighted by Crippen LogP contribution is -2.27. The lowest BCUT2D eigenvalue weighted by atomic mass is 10.1. The maximum Gasteiger partial charge on any atom is 0.255 e. The fourth-order valence-corrected chi connectivity index (χ4v) is 2.68. The molecule has 3 rings (SSSR count). The van der Waals surface area contributed by atoms with Crippen LogP contribution in [0.3, 0.4) is 0 Å². The summed E-state index contributed by atoms with van der Waals surface area (Å²) in [5, 5.41) is 7.41. The Labute approximate surface area is 142 Å². The van der Waals surface area contributed by atoms with Crippen LogP contribution in [0, 0.1) is 13.8 Å². The molecular formula is C20H21N3O. The molecule has 0 aliphatic heterocycles. The molecule has 1 amide bonds. The van der Waals surface area contributed by atoms with E-state index in [0.717, 1.165) is 16.9 Å². The third-order valence-corrected chi connectivity index (χ3v) is 4.18. The fraction of sp³-hybridized carbons (Fsp3) is 0.200. The first-order valence-corrected chi connectivity index (χ1v) is 8.03. The van der Waals surface area contributed by atoms with Crippen LogP contribution in [0.1, 0.15) is 40.1 Å². The third kappa shape index (κ3) is 3.23. The van der Waals surface area contributed by atoms with E-state index < -0.39 is 0 Å². The second-order valence-electron chi connectivity index (χ2n) is 6.00. The van der Waals surface area contributed by atoms with Crippen molar-refractivity contribution in [2.75, 3.05) is 0 Å². The molecule has 4 heteroatoms. The summed E-state index contributed by atoms with van der Waals surface area (Å²) in [6.45, 7) is 5.94. The van der Waals surface area contributed by atoms with Gasteiger partial charge < -0.3 is 5.32 Å². The van der Waals surface area contributed by atoms with Gasteiger partial charge in [-0.2, -0.15) is 5.10 Å². The van der Waals surface area contributed by atoms with Crippen LogP contribution in [0.2, 0.25) is 0 Å². The minimum Gasteiger partial charge on any atom is -0.345 e. The summed E-state index contributed by atoms with van der Waals surface area (Å²) < 4.78 is 1.79. The number of rotatable bonds is 4. The van der Waals surface area contributed by atoms with E-state index in [4.69, 9.17) is 0 Å². The molecule has 0 aliphatic rings. The summed E-state index contributed by atoms with van der Waals surface area (Å²) in [4.78, 5) is 12.6. The van der Waals surface area contributed by atoms with Crippen LogP contribution >= 0.6 is 0 Å². The lowest BCUT2D eigenvalue weighted by Gasteiger charge is -2.14. The number of amides is 1. The molecule has 0 saturated heterocycles. The van der Waals surface area contributed by atoms with Crippen molar-refractivity contribution in [3.63, 3.8) is 0 Å². The summed E-state index contributed by atoms with van der Waals surface area (Å²) in [5.74, 6) is -0.109. The highest BCUT2D eigenvalue weighted by Gasteiger charge is 2.17. The molecule has 0 bridgehead atoms. The molecule has 4 nitrogen and oxygen atoms in total. The zero-order chi connectivity index (χ0) is 17.1. The number of aromatic nitrogens is 2. The largest absolute Gasteiger partial charge is 0.345 e. The van der Waals surface area contributed by atoms with Crippen LogP contribution in [0.5, 0.6) is 0 Å². The third-order valence-electron chi connectivity index (χ3n) is 4.18. The Morgan fingerprint density at radius 3 is 2.38 bits per heavy atom. The van der Waals surface area contributed by atoms with Gasteiger partial charge in [-0.3, -0.25) is 4.79 Å². The molecule has 122 valence electrons. The van der Waals surface area contributed by atoms with Gasteiger partial charge in [0, 0.05) is 0 Å². The number of nitrogens with zero attached hydrogens (tertiary/aromatic N) is 2. The highest BCUT2D eigenvalue weighted by atomic mass is 16.1. The first-order chi connectivity index (χ1) is 11.6. The van der Waals surface area contributed by atoms with Gasteiger partial charge in [-0.15, -0.1) is 0 Å². The van der Waals surface area contributed by atoms with Crippen molar-refractivity contribution in [3.8, 4) is 5.69 Å². The Balaban J connectivity index is 1.80. The minimum atomic E-state index is -0.109. The number of carbonyl (C=O) groups is 1. The lowest BCUT2D eigenvalue weighted by molar-refractivity contribution is 0.0939. The molecule has 0 saturated carbocycles. The number of nitrogens with one attached hydrogen (secondary N) is 1. The summed E-state index contributed by atoms with van der Waals surface area (Å²) in [6, 6.07) is 17.9. The molecule has 1 aromatic heterocycles. The van der Waals surface area contributed by atoms with E-state index in [0.29, 0.717) is 5.56 Å². The number of aryl methyl sites for hydroxylation is 1. The van der Waals surface area contributed by atoms with Gasteiger partial charge in [-0.1, -0.05) is 48.0 Å². The van der Waals surface area contributed by atoms with E-state index in [9.17, 15) is 4.79 Å². The van der Waals surface area contributed by atoms with E-state index in [1.165, 1.54) is 5.56 Å². The molecule has 1 N–H and O–H groups in total. The Bertz CT molecular complexity index is 835.